The molecule has 1 saturated heterocycles. The molecular formula is C14H18BrNO4. The highest BCUT2D eigenvalue weighted by molar-refractivity contribution is 9.10. The van der Waals surface area contributed by atoms with E-state index in [-0.39, 0.29) is 5.75 Å². The highest BCUT2D eigenvalue weighted by Gasteiger charge is 2.43. The number of hydrogen-bond donors (Lipinski definition) is 2. The average molecular weight is 344 g/mol. The molecule has 1 aliphatic heterocycles. The monoisotopic (exact) mass is 343 g/mol. The number of rotatable bonds is 4. The number of aliphatic carboxylic acids is 1. The standard InChI is InChI=1S/C14H18BrNO4/c1-14(13(18)19)4-3-5-16(14)8-9-6-10(15)12(17)11(7-9)20-2/h6-7,17H,3-5,8H2,1-2H3,(H,18,19). The first-order valence-corrected chi connectivity index (χ1v) is 7.21. The molecule has 20 heavy (non-hydrogen) atoms. The molecule has 2 N–H and O–H groups in total. The summed E-state index contributed by atoms with van der Waals surface area (Å²) in [7, 11) is 1.49. The van der Waals surface area contributed by atoms with Gasteiger partial charge in [0.05, 0.1) is 11.6 Å². The van der Waals surface area contributed by atoms with Crippen LogP contribution in [0, 0.1) is 0 Å². The van der Waals surface area contributed by atoms with Gasteiger partial charge in [0.25, 0.3) is 0 Å². The normalized spacial score (nSPS) is 22.9. The number of phenolic OH excluding ortho intramolecular Hbond substituents is 1. The van der Waals surface area contributed by atoms with Gasteiger partial charge in [-0.25, -0.2) is 0 Å². The van der Waals surface area contributed by atoms with E-state index in [9.17, 15) is 15.0 Å². The van der Waals surface area contributed by atoms with Crippen molar-refractivity contribution < 1.29 is 19.7 Å². The largest absolute Gasteiger partial charge is 0.503 e. The lowest BCUT2D eigenvalue weighted by atomic mass is 9.99. The van der Waals surface area contributed by atoms with Gasteiger partial charge in [-0.1, -0.05) is 0 Å². The Kier molecular flexibility index (Phi) is 4.25. The summed E-state index contributed by atoms with van der Waals surface area (Å²) in [6, 6.07) is 3.53. The van der Waals surface area contributed by atoms with Crippen LogP contribution in [0.25, 0.3) is 0 Å². The van der Waals surface area contributed by atoms with Gasteiger partial charge in [-0.15, -0.1) is 0 Å². The summed E-state index contributed by atoms with van der Waals surface area (Å²) >= 11 is 3.28. The summed E-state index contributed by atoms with van der Waals surface area (Å²) in [6.45, 7) is 3.02. The van der Waals surface area contributed by atoms with Crippen molar-refractivity contribution in [2.75, 3.05) is 13.7 Å². The van der Waals surface area contributed by atoms with E-state index >= 15 is 0 Å². The van der Waals surface area contributed by atoms with E-state index in [1.54, 1.807) is 19.1 Å². The smallest absolute Gasteiger partial charge is 0.323 e. The van der Waals surface area contributed by atoms with Gasteiger partial charge >= 0.3 is 5.97 Å². The fourth-order valence-electron chi connectivity index (χ4n) is 2.61. The SMILES string of the molecule is COc1cc(CN2CCCC2(C)C(=O)O)cc(Br)c1O. The van der Waals surface area contributed by atoms with Crippen LogP contribution in [-0.4, -0.2) is 40.3 Å². The van der Waals surface area contributed by atoms with Crippen molar-refractivity contribution in [3.63, 3.8) is 0 Å². The van der Waals surface area contributed by atoms with Crippen LogP contribution in [-0.2, 0) is 11.3 Å². The van der Waals surface area contributed by atoms with Gasteiger partial charge in [0.2, 0.25) is 0 Å². The minimum atomic E-state index is -0.822. The van der Waals surface area contributed by atoms with Gasteiger partial charge in [0.15, 0.2) is 11.5 Å². The Bertz CT molecular complexity index is 534. The van der Waals surface area contributed by atoms with E-state index in [1.165, 1.54) is 7.11 Å². The van der Waals surface area contributed by atoms with Crippen molar-refractivity contribution in [2.45, 2.75) is 31.8 Å². The molecule has 1 aliphatic rings. The number of nitrogens with zero attached hydrogens (tertiary/aromatic N) is 1. The Balaban J connectivity index is 2.26. The third-order valence-corrected chi connectivity index (χ3v) is 4.54. The Labute approximate surface area is 126 Å². The number of likely N-dealkylation sites (tertiary alicyclic amines) is 1. The van der Waals surface area contributed by atoms with E-state index in [4.69, 9.17) is 4.74 Å². The molecule has 2 rings (SSSR count). The third-order valence-electron chi connectivity index (χ3n) is 3.93. The predicted octanol–water partition coefficient (Wildman–Crippen LogP) is 2.60. The zero-order valence-corrected chi connectivity index (χ0v) is 13.1. The second-order valence-electron chi connectivity index (χ2n) is 5.23. The van der Waals surface area contributed by atoms with Gasteiger partial charge in [0.1, 0.15) is 5.54 Å². The van der Waals surface area contributed by atoms with E-state index in [0.29, 0.717) is 23.2 Å². The van der Waals surface area contributed by atoms with Crippen molar-refractivity contribution in [1.29, 1.82) is 0 Å². The number of ether oxygens (including phenoxy) is 1. The third kappa shape index (κ3) is 2.62. The minimum Gasteiger partial charge on any atom is -0.503 e. The zero-order valence-electron chi connectivity index (χ0n) is 11.5. The molecule has 0 aliphatic carbocycles. The van der Waals surface area contributed by atoms with Gasteiger partial charge in [-0.3, -0.25) is 9.69 Å². The molecule has 1 heterocycles. The van der Waals surface area contributed by atoms with Crippen molar-refractivity contribution in [2.24, 2.45) is 0 Å². The summed E-state index contributed by atoms with van der Waals surface area (Å²) in [5.74, 6) is -0.357. The molecule has 1 atom stereocenters. The first-order chi connectivity index (χ1) is 9.38. The number of carboxylic acids is 1. The molecule has 0 aromatic heterocycles. The highest BCUT2D eigenvalue weighted by atomic mass is 79.9. The number of methoxy groups -OCH3 is 1. The minimum absolute atomic E-state index is 0.0543. The molecule has 0 saturated carbocycles. The first-order valence-electron chi connectivity index (χ1n) is 6.42. The molecule has 0 amide bonds. The van der Waals surface area contributed by atoms with E-state index in [2.05, 4.69) is 15.9 Å². The lowest BCUT2D eigenvalue weighted by molar-refractivity contribution is -0.148. The second-order valence-corrected chi connectivity index (χ2v) is 6.09. The Morgan fingerprint density at radius 2 is 2.25 bits per heavy atom. The molecule has 1 unspecified atom stereocenters. The number of halogens is 1. The first kappa shape index (κ1) is 15.1. The molecule has 1 aromatic carbocycles. The fourth-order valence-corrected chi connectivity index (χ4v) is 3.10. The summed E-state index contributed by atoms with van der Waals surface area (Å²) in [5.41, 5.74) is 0.0818. The maximum atomic E-state index is 11.5. The van der Waals surface area contributed by atoms with Crippen molar-refractivity contribution in [3.8, 4) is 11.5 Å². The number of carboxylic acid groups (broad SMARTS) is 1. The molecule has 0 radical (unpaired) electrons. The highest BCUT2D eigenvalue weighted by Crippen LogP contribution is 2.37. The summed E-state index contributed by atoms with van der Waals surface area (Å²) < 4.78 is 5.66. The van der Waals surface area contributed by atoms with E-state index < -0.39 is 11.5 Å². The summed E-state index contributed by atoms with van der Waals surface area (Å²) in [4.78, 5) is 13.4. The fraction of sp³-hybridized carbons (Fsp3) is 0.500. The van der Waals surface area contributed by atoms with Crippen LogP contribution in [0.2, 0.25) is 0 Å². The molecule has 0 bridgehead atoms. The van der Waals surface area contributed by atoms with Crippen LogP contribution in [0.15, 0.2) is 16.6 Å². The summed E-state index contributed by atoms with van der Waals surface area (Å²) in [5, 5.41) is 19.2. The number of hydrogen-bond acceptors (Lipinski definition) is 4. The number of benzene rings is 1. The number of phenols is 1. The van der Waals surface area contributed by atoms with Gasteiger partial charge < -0.3 is 14.9 Å². The van der Waals surface area contributed by atoms with Gasteiger partial charge in [-0.05, 0) is 59.9 Å². The van der Waals surface area contributed by atoms with E-state index in [1.807, 2.05) is 4.90 Å². The lowest BCUT2D eigenvalue weighted by Crippen LogP contribution is -2.47. The van der Waals surface area contributed by atoms with Gasteiger partial charge in [0, 0.05) is 6.54 Å². The zero-order chi connectivity index (χ0) is 14.9. The predicted molar refractivity (Wildman–Crippen MR) is 78.0 cm³/mol. The molecule has 0 spiro atoms. The van der Waals surface area contributed by atoms with Crippen LogP contribution in [0.3, 0.4) is 0 Å². The lowest BCUT2D eigenvalue weighted by Gasteiger charge is -2.31. The van der Waals surface area contributed by atoms with Crippen LogP contribution in [0.5, 0.6) is 11.5 Å². The molecular weight excluding hydrogens is 326 g/mol. The van der Waals surface area contributed by atoms with Crippen LogP contribution in [0.1, 0.15) is 25.3 Å². The Morgan fingerprint density at radius 3 is 2.85 bits per heavy atom. The topological polar surface area (TPSA) is 70.0 Å². The van der Waals surface area contributed by atoms with Crippen molar-refractivity contribution in [1.82, 2.24) is 4.90 Å². The summed E-state index contributed by atoms with van der Waals surface area (Å²) in [6.07, 6.45) is 1.53. The molecule has 110 valence electrons. The second kappa shape index (κ2) is 5.61. The molecule has 5 nitrogen and oxygen atoms in total. The van der Waals surface area contributed by atoms with Gasteiger partial charge in [-0.2, -0.15) is 0 Å². The quantitative estimate of drug-likeness (QED) is 0.879. The van der Waals surface area contributed by atoms with Crippen molar-refractivity contribution >= 4 is 21.9 Å². The van der Waals surface area contributed by atoms with Crippen LogP contribution >= 0.6 is 15.9 Å². The van der Waals surface area contributed by atoms with Crippen LogP contribution < -0.4 is 4.74 Å². The Morgan fingerprint density at radius 1 is 1.55 bits per heavy atom. The maximum absolute atomic E-state index is 11.5. The Hall–Kier alpha value is -1.27. The van der Waals surface area contributed by atoms with Crippen molar-refractivity contribution in [3.05, 3.63) is 22.2 Å². The van der Waals surface area contributed by atoms with E-state index in [0.717, 1.165) is 18.5 Å². The molecule has 1 aromatic rings. The average Bonchev–Trinajstić information content (AvgIpc) is 2.76. The number of aromatic hydroxyl groups is 1. The number of carbonyl (C=O) groups is 1. The maximum Gasteiger partial charge on any atom is 0.323 e. The van der Waals surface area contributed by atoms with Crippen LogP contribution in [0.4, 0.5) is 0 Å². The molecule has 1 fully saturated rings. The molecule has 6 heteroatoms.